The maximum Gasteiger partial charge on any atom is 0.303 e. The van der Waals surface area contributed by atoms with Crippen molar-refractivity contribution in [2.24, 2.45) is 17.8 Å². The quantitative estimate of drug-likeness (QED) is 0.690. The van der Waals surface area contributed by atoms with Gasteiger partial charge in [0, 0.05) is 32.1 Å². The number of ether oxygens (including phenoxy) is 2. The van der Waals surface area contributed by atoms with Crippen LogP contribution in [-0.4, -0.2) is 29.9 Å². The minimum atomic E-state index is -0.474. The van der Waals surface area contributed by atoms with E-state index in [-0.39, 0.29) is 29.5 Å². The maximum atomic E-state index is 11.7. The molecule has 2 saturated carbocycles. The molecule has 0 amide bonds. The van der Waals surface area contributed by atoms with E-state index in [4.69, 9.17) is 9.47 Å². The summed E-state index contributed by atoms with van der Waals surface area (Å²) < 4.78 is 10.5. The molecule has 0 N–H and O–H groups in total. The molecule has 0 aromatic carbocycles. The number of esters is 2. The fraction of sp³-hybridized carbons (Fsp3) is 0.769. The predicted molar refractivity (Wildman–Crippen MR) is 61.5 cm³/mol. The third-order valence-electron chi connectivity index (χ3n) is 3.99. The molecule has 2 rings (SSSR count). The van der Waals surface area contributed by atoms with Crippen LogP contribution >= 0.6 is 0 Å². The summed E-state index contributed by atoms with van der Waals surface area (Å²) in [4.78, 5) is 33.9. The van der Waals surface area contributed by atoms with Crippen LogP contribution in [0, 0.1) is 17.8 Å². The molecule has 18 heavy (non-hydrogen) atoms. The minimum absolute atomic E-state index is 0.00856. The van der Waals surface area contributed by atoms with Gasteiger partial charge in [0.2, 0.25) is 0 Å². The molecule has 2 fully saturated rings. The number of hydrogen-bond donors (Lipinski definition) is 0. The molecule has 0 spiro atoms. The SMILES string of the molecule is CC(=O)O[C@@H]1[C@@H]2[C@@H](CC(=O)[C@H]2C)C[C@@H]1OC(C)=O. The van der Waals surface area contributed by atoms with E-state index in [1.165, 1.54) is 13.8 Å². The Bertz CT molecular complexity index is 389. The molecule has 0 aliphatic heterocycles. The lowest BCUT2D eigenvalue weighted by Gasteiger charge is -2.25. The molecule has 0 radical (unpaired) electrons. The second kappa shape index (κ2) is 4.71. The third kappa shape index (κ3) is 2.26. The predicted octanol–water partition coefficient (Wildman–Crippen LogP) is 1.09. The van der Waals surface area contributed by atoms with Crippen molar-refractivity contribution < 1.29 is 23.9 Å². The van der Waals surface area contributed by atoms with Gasteiger partial charge in [-0.15, -0.1) is 0 Å². The van der Waals surface area contributed by atoms with Crippen LogP contribution in [-0.2, 0) is 23.9 Å². The molecule has 100 valence electrons. The van der Waals surface area contributed by atoms with E-state index < -0.39 is 18.2 Å². The van der Waals surface area contributed by atoms with Crippen LogP contribution in [0.5, 0.6) is 0 Å². The lowest BCUT2D eigenvalue weighted by atomic mass is 9.91. The van der Waals surface area contributed by atoms with Gasteiger partial charge in [0.05, 0.1) is 0 Å². The average molecular weight is 254 g/mol. The standard InChI is InChI=1S/C13H18O5/c1-6-10(16)4-9-5-11(17-7(2)14)13(12(6)9)18-8(3)15/h6,9,11-13H,4-5H2,1-3H3/t6-,9+,11+,12+,13+/m1/s1. The number of carbonyl (C=O) groups is 3. The van der Waals surface area contributed by atoms with Gasteiger partial charge in [-0.25, -0.2) is 0 Å². The molecule has 5 atom stereocenters. The zero-order chi connectivity index (χ0) is 13.4. The Morgan fingerprint density at radius 1 is 1.17 bits per heavy atom. The summed E-state index contributed by atoms with van der Waals surface area (Å²) in [6.45, 7) is 4.53. The molecule has 0 saturated heterocycles. The highest BCUT2D eigenvalue weighted by Gasteiger charge is 2.55. The Morgan fingerprint density at radius 3 is 2.33 bits per heavy atom. The number of fused-ring (bicyclic) bond motifs is 1. The van der Waals surface area contributed by atoms with Gasteiger partial charge in [0.15, 0.2) is 0 Å². The Hall–Kier alpha value is -1.39. The topological polar surface area (TPSA) is 69.7 Å². The first-order valence-corrected chi connectivity index (χ1v) is 6.27. The van der Waals surface area contributed by atoms with Crippen molar-refractivity contribution in [3.63, 3.8) is 0 Å². The van der Waals surface area contributed by atoms with Crippen LogP contribution in [0.1, 0.15) is 33.6 Å². The monoisotopic (exact) mass is 254 g/mol. The maximum absolute atomic E-state index is 11.7. The molecule has 5 heteroatoms. The van der Waals surface area contributed by atoms with Gasteiger partial charge in [-0.3, -0.25) is 14.4 Å². The number of Topliss-reactive ketones (excluding diaryl/α,β-unsaturated/α-hetero) is 1. The van der Waals surface area contributed by atoms with Gasteiger partial charge in [-0.2, -0.15) is 0 Å². The summed E-state index contributed by atoms with van der Waals surface area (Å²) in [7, 11) is 0. The molecule has 0 bridgehead atoms. The third-order valence-corrected chi connectivity index (χ3v) is 3.99. The molecule has 0 aromatic heterocycles. The second-order valence-corrected chi connectivity index (χ2v) is 5.25. The van der Waals surface area contributed by atoms with Crippen molar-refractivity contribution in [3.05, 3.63) is 0 Å². The van der Waals surface area contributed by atoms with E-state index in [2.05, 4.69) is 0 Å². The Morgan fingerprint density at radius 2 is 1.78 bits per heavy atom. The van der Waals surface area contributed by atoms with E-state index >= 15 is 0 Å². The second-order valence-electron chi connectivity index (χ2n) is 5.25. The van der Waals surface area contributed by atoms with Gasteiger partial charge in [-0.05, 0) is 12.3 Å². The molecule has 2 aliphatic rings. The fourth-order valence-electron chi connectivity index (χ4n) is 3.35. The molecule has 0 unspecified atom stereocenters. The minimum Gasteiger partial charge on any atom is -0.459 e. The lowest BCUT2D eigenvalue weighted by molar-refractivity contribution is -0.166. The molecular weight excluding hydrogens is 236 g/mol. The number of hydrogen-bond acceptors (Lipinski definition) is 5. The number of carbonyl (C=O) groups excluding carboxylic acids is 3. The Balaban J connectivity index is 2.18. The first-order chi connectivity index (χ1) is 8.40. The molecule has 0 heterocycles. The van der Waals surface area contributed by atoms with Crippen LogP contribution in [0.4, 0.5) is 0 Å². The highest BCUT2D eigenvalue weighted by Crippen LogP contribution is 2.48. The summed E-state index contributed by atoms with van der Waals surface area (Å²) in [6, 6.07) is 0. The van der Waals surface area contributed by atoms with Crippen molar-refractivity contribution >= 4 is 17.7 Å². The molecule has 0 aromatic rings. The van der Waals surface area contributed by atoms with Crippen molar-refractivity contribution in [1.29, 1.82) is 0 Å². The van der Waals surface area contributed by atoms with E-state index in [0.29, 0.717) is 12.8 Å². The van der Waals surface area contributed by atoms with Gasteiger partial charge >= 0.3 is 11.9 Å². The zero-order valence-electron chi connectivity index (χ0n) is 10.8. The summed E-state index contributed by atoms with van der Waals surface area (Å²) in [6.07, 6.45) is 0.231. The van der Waals surface area contributed by atoms with Crippen molar-refractivity contribution in [1.82, 2.24) is 0 Å². The van der Waals surface area contributed by atoms with E-state index in [1.807, 2.05) is 6.92 Å². The van der Waals surface area contributed by atoms with Crippen LogP contribution in [0.25, 0.3) is 0 Å². The molecular formula is C13H18O5. The zero-order valence-corrected chi connectivity index (χ0v) is 10.8. The summed E-state index contributed by atoms with van der Waals surface area (Å²) in [5.41, 5.74) is 0. The summed E-state index contributed by atoms with van der Waals surface area (Å²) in [5, 5.41) is 0. The van der Waals surface area contributed by atoms with Gasteiger partial charge in [0.25, 0.3) is 0 Å². The molecule has 5 nitrogen and oxygen atoms in total. The van der Waals surface area contributed by atoms with Crippen LogP contribution in [0.15, 0.2) is 0 Å². The summed E-state index contributed by atoms with van der Waals surface area (Å²) >= 11 is 0. The first kappa shape index (κ1) is 13.1. The van der Waals surface area contributed by atoms with E-state index in [0.717, 1.165) is 0 Å². The lowest BCUT2D eigenvalue weighted by Crippen LogP contribution is -2.36. The average Bonchev–Trinajstić information content (AvgIpc) is 2.66. The smallest absolute Gasteiger partial charge is 0.303 e. The van der Waals surface area contributed by atoms with Gasteiger partial charge < -0.3 is 9.47 Å². The fourth-order valence-corrected chi connectivity index (χ4v) is 3.35. The highest BCUT2D eigenvalue weighted by atomic mass is 16.6. The van der Waals surface area contributed by atoms with Crippen LogP contribution in [0.3, 0.4) is 0 Å². The van der Waals surface area contributed by atoms with Crippen molar-refractivity contribution in [2.75, 3.05) is 0 Å². The van der Waals surface area contributed by atoms with Gasteiger partial charge in [-0.1, -0.05) is 6.92 Å². The van der Waals surface area contributed by atoms with Crippen molar-refractivity contribution in [2.45, 2.75) is 45.8 Å². The van der Waals surface area contributed by atoms with Crippen LogP contribution in [0.2, 0.25) is 0 Å². The highest BCUT2D eigenvalue weighted by molar-refractivity contribution is 5.84. The largest absolute Gasteiger partial charge is 0.459 e. The van der Waals surface area contributed by atoms with Crippen molar-refractivity contribution in [3.8, 4) is 0 Å². The Kier molecular flexibility index (Phi) is 3.41. The Labute approximate surface area is 106 Å². The van der Waals surface area contributed by atoms with Crippen LogP contribution < -0.4 is 0 Å². The van der Waals surface area contributed by atoms with Gasteiger partial charge in [0.1, 0.15) is 18.0 Å². The normalized spacial score (nSPS) is 38.4. The summed E-state index contributed by atoms with van der Waals surface area (Å²) in [5.74, 6) is -0.532. The van der Waals surface area contributed by atoms with E-state index in [9.17, 15) is 14.4 Å². The molecule has 2 aliphatic carbocycles. The first-order valence-electron chi connectivity index (χ1n) is 6.27. The number of ketones is 1. The van der Waals surface area contributed by atoms with E-state index in [1.54, 1.807) is 0 Å². The number of rotatable bonds is 2.